The minimum absolute atomic E-state index is 0.0894. The third kappa shape index (κ3) is 2.61. The molecular formula is C14H18N2O3. The van der Waals surface area contributed by atoms with Gasteiger partial charge in [0.15, 0.2) is 0 Å². The summed E-state index contributed by atoms with van der Waals surface area (Å²) in [6, 6.07) is 7.08. The van der Waals surface area contributed by atoms with E-state index in [1.807, 2.05) is 0 Å². The first-order valence-electron chi connectivity index (χ1n) is 6.28. The zero-order chi connectivity index (χ0) is 14.0. The Bertz CT molecular complexity index is 495. The van der Waals surface area contributed by atoms with Crippen molar-refractivity contribution in [2.45, 2.75) is 6.92 Å². The number of rotatable bonds is 3. The quantitative estimate of drug-likeness (QED) is 0.873. The van der Waals surface area contributed by atoms with Crippen molar-refractivity contribution in [3.8, 4) is 0 Å². The van der Waals surface area contributed by atoms with Gasteiger partial charge in [-0.05, 0) is 12.1 Å². The van der Waals surface area contributed by atoms with E-state index in [0.717, 1.165) is 0 Å². The summed E-state index contributed by atoms with van der Waals surface area (Å²) in [5.41, 5.74) is 1.14. The standard InChI is InChI=1S/C14H18N2O3/c1-10(18)15(2)13-6-4-3-5-12(13)14(19)16-7-11(8-16)9-17/h3-6,11,17H,7-9H2,1-2H3. The van der Waals surface area contributed by atoms with Crippen molar-refractivity contribution in [3.05, 3.63) is 29.8 Å². The van der Waals surface area contributed by atoms with Crippen molar-refractivity contribution < 1.29 is 14.7 Å². The van der Waals surface area contributed by atoms with Gasteiger partial charge in [0.2, 0.25) is 5.91 Å². The van der Waals surface area contributed by atoms with E-state index >= 15 is 0 Å². The zero-order valence-corrected chi connectivity index (χ0v) is 11.2. The van der Waals surface area contributed by atoms with Crippen LogP contribution in [-0.2, 0) is 4.79 Å². The van der Waals surface area contributed by atoms with E-state index in [0.29, 0.717) is 24.3 Å². The van der Waals surface area contributed by atoms with Crippen LogP contribution in [0.2, 0.25) is 0 Å². The lowest BCUT2D eigenvalue weighted by Crippen LogP contribution is -2.51. The van der Waals surface area contributed by atoms with Gasteiger partial charge >= 0.3 is 0 Å². The third-order valence-corrected chi connectivity index (χ3v) is 3.47. The van der Waals surface area contributed by atoms with Gasteiger partial charge < -0.3 is 14.9 Å². The van der Waals surface area contributed by atoms with Crippen molar-refractivity contribution >= 4 is 17.5 Å². The molecule has 0 aromatic heterocycles. The molecule has 0 unspecified atom stereocenters. The topological polar surface area (TPSA) is 60.9 Å². The molecule has 0 spiro atoms. The molecule has 0 atom stereocenters. The van der Waals surface area contributed by atoms with Crippen LogP contribution in [0.15, 0.2) is 24.3 Å². The molecule has 1 aliphatic heterocycles. The average Bonchev–Trinajstić information content (AvgIpc) is 2.36. The maximum absolute atomic E-state index is 12.3. The number of para-hydroxylation sites is 1. The van der Waals surface area contributed by atoms with Gasteiger partial charge in [0.05, 0.1) is 11.3 Å². The number of aliphatic hydroxyl groups is 1. The fourth-order valence-corrected chi connectivity index (χ4v) is 2.14. The molecule has 0 radical (unpaired) electrons. The summed E-state index contributed by atoms with van der Waals surface area (Å²) in [4.78, 5) is 26.9. The fraction of sp³-hybridized carbons (Fsp3) is 0.429. The first-order valence-corrected chi connectivity index (χ1v) is 6.28. The molecule has 1 aromatic rings. The number of carbonyl (C=O) groups excluding carboxylic acids is 2. The van der Waals surface area contributed by atoms with Gasteiger partial charge in [0, 0.05) is 39.6 Å². The van der Waals surface area contributed by atoms with Crippen LogP contribution in [0.3, 0.4) is 0 Å². The minimum Gasteiger partial charge on any atom is -0.396 e. The highest BCUT2D eigenvalue weighted by atomic mass is 16.3. The number of amides is 2. The Hall–Kier alpha value is -1.88. The average molecular weight is 262 g/mol. The van der Waals surface area contributed by atoms with Gasteiger partial charge in [-0.25, -0.2) is 0 Å². The number of nitrogens with zero attached hydrogens (tertiary/aromatic N) is 2. The zero-order valence-electron chi connectivity index (χ0n) is 11.2. The summed E-state index contributed by atoms with van der Waals surface area (Å²) < 4.78 is 0. The molecule has 1 heterocycles. The number of hydrogen-bond acceptors (Lipinski definition) is 3. The fourth-order valence-electron chi connectivity index (χ4n) is 2.14. The van der Waals surface area contributed by atoms with E-state index in [1.165, 1.54) is 11.8 Å². The summed E-state index contributed by atoms with van der Waals surface area (Å²) in [6.45, 7) is 2.73. The maximum atomic E-state index is 12.3. The summed E-state index contributed by atoms with van der Waals surface area (Å²) in [5.74, 6) is -0.0212. The van der Waals surface area contributed by atoms with Crippen molar-refractivity contribution in [1.29, 1.82) is 0 Å². The van der Waals surface area contributed by atoms with Crippen LogP contribution in [0, 0.1) is 5.92 Å². The Kier molecular flexibility index (Phi) is 3.85. The lowest BCUT2D eigenvalue weighted by Gasteiger charge is -2.38. The molecule has 0 aliphatic carbocycles. The van der Waals surface area contributed by atoms with Gasteiger partial charge in [-0.3, -0.25) is 9.59 Å². The summed E-state index contributed by atoms with van der Waals surface area (Å²) >= 11 is 0. The molecule has 1 fully saturated rings. The summed E-state index contributed by atoms with van der Waals surface area (Å²) in [6.07, 6.45) is 0. The number of anilines is 1. The molecular weight excluding hydrogens is 244 g/mol. The summed E-state index contributed by atoms with van der Waals surface area (Å²) in [5, 5.41) is 8.98. The van der Waals surface area contributed by atoms with Gasteiger partial charge in [0.1, 0.15) is 0 Å². The monoisotopic (exact) mass is 262 g/mol. The molecule has 102 valence electrons. The number of likely N-dealkylation sites (tertiary alicyclic amines) is 1. The Balaban J connectivity index is 2.20. The Morgan fingerprint density at radius 1 is 1.37 bits per heavy atom. The molecule has 5 heteroatoms. The number of aliphatic hydroxyl groups excluding tert-OH is 1. The second kappa shape index (κ2) is 5.40. The SMILES string of the molecule is CC(=O)N(C)c1ccccc1C(=O)N1CC(CO)C1. The van der Waals surface area contributed by atoms with Crippen molar-refractivity contribution in [1.82, 2.24) is 4.90 Å². The van der Waals surface area contributed by atoms with E-state index in [-0.39, 0.29) is 24.3 Å². The highest BCUT2D eigenvalue weighted by molar-refractivity contribution is 6.04. The molecule has 1 aliphatic rings. The molecule has 2 rings (SSSR count). The molecule has 19 heavy (non-hydrogen) atoms. The molecule has 2 amide bonds. The van der Waals surface area contributed by atoms with Crippen LogP contribution in [0.25, 0.3) is 0 Å². The highest BCUT2D eigenvalue weighted by Crippen LogP contribution is 2.24. The van der Waals surface area contributed by atoms with Gasteiger partial charge in [-0.1, -0.05) is 12.1 Å². The summed E-state index contributed by atoms with van der Waals surface area (Å²) in [7, 11) is 1.65. The Morgan fingerprint density at radius 2 is 2.00 bits per heavy atom. The smallest absolute Gasteiger partial charge is 0.255 e. The Morgan fingerprint density at radius 3 is 2.58 bits per heavy atom. The highest BCUT2D eigenvalue weighted by Gasteiger charge is 2.32. The largest absolute Gasteiger partial charge is 0.396 e. The van der Waals surface area contributed by atoms with E-state index in [2.05, 4.69) is 0 Å². The van der Waals surface area contributed by atoms with Crippen molar-refractivity contribution in [3.63, 3.8) is 0 Å². The van der Waals surface area contributed by atoms with Crippen molar-refractivity contribution in [2.24, 2.45) is 5.92 Å². The van der Waals surface area contributed by atoms with Crippen LogP contribution in [0.1, 0.15) is 17.3 Å². The number of carbonyl (C=O) groups is 2. The normalized spacial score (nSPS) is 15.0. The molecule has 1 saturated heterocycles. The van der Waals surface area contributed by atoms with Crippen LogP contribution < -0.4 is 4.90 Å². The van der Waals surface area contributed by atoms with E-state index in [4.69, 9.17) is 5.11 Å². The van der Waals surface area contributed by atoms with Crippen LogP contribution in [0.4, 0.5) is 5.69 Å². The van der Waals surface area contributed by atoms with E-state index in [1.54, 1.807) is 36.2 Å². The molecule has 1 aromatic carbocycles. The van der Waals surface area contributed by atoms with Crippen LogP contribution in [-0.4, -0.2) is 48.6 Å². The molecule has 0 saturated carbocycles. The second-order valence-corrected chi connectivity index (χ2v) is 4.85. The lowest BCUT2D eigenvalue weighted by atomic mass is 9.99. The second-order valence-electron chi connectivity index (χ2n) is 4.85. The van der Waals surface area contributed by atoms with Gasteiger partial charge in [0.25, 0.3) is 5.91 Å². The van der Waals surface area contributed by atoms with Crippen molar-refractivity contribution in [2.75, 3.05) is 31.6 Å². The molecule has 5 nitrogen and oxygen atoms in total. The van der Waals surface area contributed by atoms with Gasteiger partial charge in [-0.15, -0.1) is 0 Å². The predicted octanol–water partition coefficient (Wildman–Crippen LogP) is 0.734. The van der Waals surface area contributed by atoms with E-state index in [9.17, 15) is 9.59 Å². The number of hydrogen-bond donors (Lipinski definition) is 1. The lowest BCUT2D eigenvalue weighted by molar-refractivity contribution is -0.116. The Labute approximate surface area is 112 Å². The van der Waals surface area contributed by atoms with Gasteiger partial charge in [-0.2, -0.15) is 0 Å². The first kappa shape index (κ1) is 13.5. The maximum Gasteiger partial charge on any atom is 0.255 e. The predicted molar refractivity (Wildman–Crippen MR) is 72.0 cm³/mol. The molecule has 1 N–H and O–H groups in total. The van der Waals surface area contributed by atoms with Crippen LogP contribution in [0.5, 0.6) is 0 Å². The number of benzene rings is 1. The first-order chi connectivity index (χ1) is 9.04. The molecule has 0 bridgehead atoms. The third-order valence-electron chi connectivity index (χ3n) is 3.47. The van der Waals surface area contributed by atoms with Crippen LogP contribution >= 0.6 is 0 Å². The van der Waals surface area contributed by atoms with E-state index < -0.39 is 0 Å². The minimum atomic E-state index is -0.114.